The van der Waals surface area contributed by atoms with E-state index in [1.807, 2.05) is 0 Å². The van der Waals surface area contributed by atoms with Crippen molar-refractivity contribution in [2.24, 2.45) is 0 Å². The van der Waals surface area contributed by atoms with Crippen LogP contribution in [0.3, 0.4) is 0 Å². The van der Waals surface area contributed by atoms with Gasteiger partial charge in [-0.1, -0.05) is 0 Å². The zero-order valence-electron chi connectivity index (χ0n) is 9.09. The summed E-state index contributed by atoms with van der Waals surface area (Å²) in [7, 11) is 0. The highest BCUT2D eigenvalue weighted by molar-refractivity contribution is 5.59. The summed E-state index contributed by atoms with van der Waals surface area (Å²) < 4.78 is 35.4. The summed E-state index contributed by atoms with van der Waals surface area (Å²) in [6.45, 7) is -2.82. The Balaban J connectivity index is 1.90. The van der Waals surface area contributed by atoms with Crippen LogP contribution in [0.15, 0.2) is 47.1 Å². The molecule has 2 aromatic heterocycles. The largest absolute Gasteiger partial charge is 0.437 e. The van der Waals surface area contributed by atoms with E-state index in [2.05, 4.69) is 9.84 Å². The Bertz CT molecular complexity index is 630. The number of nitrogens with zero attached hydrogens (tertiary/aromatic N) is 2. The highest BCUT2D eigenvalue weighted by Crippen LogP contribution is 2.25. The molecule has 0 radical (unpaired) electrons. The lowest BCUT2D eigenvalue weighted by Crippen LogP contribution is -2.01. The number of hydrogen-bond donors (Lipinski definition) is 0. The third kappa shape index (κ3) is 1.92. The lowest BCUT2D eigenvalue weighted by molar-refractivity contribution is -0.0498. The van der Waals surface area contributed by atoms with Crippen LogP contribution in [0.25, 0.3) is 17.0 Å². The summed E-state index contributed by atoms with van der Waals surface area (Å²) in [6, 6.07) is 7.96. The van der Waals surface area contributed by atoms with Crippen molar-refractivity contribution < 1.29 is 17.9 Å². The molecule has 0 bridgehead atoms. The van der Waals surface area contributed by atoms with Crippen LogP contribution in [0.2, 0.25) is 0 Å². The van der Waals surface area contributed by atoms with Crippen molar-refractivity contribution in [1.29, 1.82) is 0 Å². The van der Waals surface area contributed by atoms with Crippen LogP contribution in [0, 0.1) is 0 Å². The standard InChI is InChI=1S/C12H8F2N2O2/c13-12(14)17-9-3-1-8(2-4-9)10-7-16-11(18-10)5-6-15-16/h1-7,12H. The average molecular weight is 250 g/mol. The minimum atomic E-state index is -2.82. The van der Waals surface area contributed by atoms with E-state index in [4.69, 9.17) is 4.42 Å². The fourth-order valence-corrected chi connectivity index (χ4v) is 1.66. The third-order valence-electron chi connectivity index (χ3n) is 2.45. The van der Waals surface area contributed by atoms with Crippen molar-refractivity contribution in [2.75, 3.05) is 0 Å². The van der Waals surface area contributed by atoms with E-state index in [-0.39, 0.29) is 5.75 Å². The van der Waals surface area contributed by atoms with Gasteiger partial charge < -0.3 is 9.15 Å². The third-order valence-corrected chi connectivity index (χ3v) is 2.45. The number of ether oxygens (including phenoxy) is 1. The van der Waals surface area contributed by atoms with Gasteiger partial charge in [0.1, 0.15) is 5.75 Å². The fraction of sp³-hybridized carbons (Fsp3) is 0.0833. The minimum Gasteiger partial charge on any atom is -0.437 e. The van der Waals surface area contributed by atoms with Gasteiger partial charge in [0, 0.05) is 11.6 Å². The first-order chi connectivity index (χ1) is 8.72. The first-order valence-corrected chi connectivity index (χ1v) is 5.21. The van der Waals surface area contributed by atoms with Gasteiger partial charge in [0.25, 0.3) is 0 Å². The van der Waals surface area contributed by atoms with Crippen LogP contribution in [-0.4, -0.2) is 16.2 Å². The summed E-state index contributed by atoms with van der Waals surface area (Å²) in [4.78, 5) is 0. The Labute approximate surface area is 100 Å². The second-order valence-corrected chi connectivity index (χ2v) is 3.61. The zero-order chi connectivity index (χ0) is 12.5. The van der Waals surface area contributed by atoms with Crippen molar-refractivity contribution in [3.05, 3.63) is 42.7 Å². The molecule has 3 aromatic rings. The highest BCUT2D eigenvalue weighted by atomic mass is 19.3. The molecule has 0 fully saturated rings. The lowest BCUT2D eigenvalue weighted by atomic mass is 10.2. The van der Waals surface area contributed by atoms with Gasteiger partial charge in [-0.15, -0.1) is 0 Å². The maximum absolute atomic E-state index is 12.0. The number of hydrogen-bond acceptors (Lipinski definition) is 3. The maximum Gasteiger partial charge on any atom is 0.387 e. The molecule has 0 unspecified atom stereocenters. The molecule has 0 amide bonds. The van der Waals surface area contributed by atoms with Gasteiger partial charge in [-0.25, -0.2) is 4.52 Å². The van der Waals surface area contributed by atoms with E-state index >= 15 is 0 Å². The molecule has 0 aliphatic carbocycles. The SMILES string of the molecule is FC(F)Oc1ccc(-c2cn3nccc3o2)cc1. The number of halogens is 2. The quantitative estimate of drug-likeness (QED) is 0.716. The molecule has 1 aromatic carbocycles. The molecule has 4 nitrogen and oxygen atoms in total. The number of oxazole rings is 1. The lowest BCUT2D eigenvalue weighted by Gasteiger charge is -2.04. The normalized spacial score (nSPS) is 11.3. The minimum absolute atomic E-state index is 0.116. The van der Waals surface area contributed by atoms with E-state index in [1.165, 1.54) is 12.1 Å². The maximum atomic E-state index is 12.0. The van der Waals surface area contributed by atoms with Crippen molar-refractivity contribution in [2.45, 2.75) is 6.61 Å². The number of benzene rings is 1. The van der Waals surface area contributed by atoms with Gasteiger partial charge in [0.05, 0.1) is 12.4 Å². The van der Waals surface area contributed by atoms with E-state index in [1.54, 1.807) is 35.1 Å². The molecule has 6 heteroatoms. The molecular weight excluding hydrogens is 242 g/mol. The monoisotopic (exact) mass is 250 g/mol. The Hall–Kier alpha value is -2.37. The Kier molecular flexibility index (Phi) is 2.47. The number of rotatable bonds is 3. The highest BCUT2D eigenvalue weighted by Gasteiger charge is 2.08. The molecule has 0 aliphatic rings. The van der Waals surface area contributed by atoms with Crippen LogP contribution in [0.4, 0.5) is 8.78 Å². The van der Waals surface area contributed by atoms with Crippen LogP contribution in [0.1, 0.15) is 0 Å². The Morgan fingerprint density at radius 3 is 2.61 bits per heavy atom. The number of alkyl halides is 2. The molecule has 0 saturated carbocycles. The van der Waals surface area contributed by atoms with E-state index in [0.29, 0.717) is 11.5 Å². The fourth-order valence-electron chi connectivity index (χ4n) is 1.66. The summed E-state index contributed by atoms with van der Waals surface area (Å²) in [6.07, 6.45) is 3.35. The molecule has 0 atom stereocenters. The van der Waals surface area contributed by atoms with Crippen LogP contribution >= 0.6 is 0 Å². The molecule has 18 heavy (non-hydrogen) atoms. The van der Waals surface area contributed by atoms with E-state index < -0.39 is 6.61 Å². The Morgan fingerprint density at radius 2 is 1.94 bits per heavy atom. The topological polar surface area (TPSA) is 39.7 Å². The molecule has 0 aliphatic heterocycles. The van der Waals surface area contributed by atoms with Crippen LogP contribution in [0.5, 0.6) is 5.75 Å². The summed E-state index contributed by atoms with van der Waals surface area (Å²) >= 11 is 0. The zero-order valence-corrected chi connectivity index (χ0v) is 9.09. The second kappa shape index (κ2) is 4.14. The predicted molar refractivity (Wildman–Crippen MR) is 59.5 cm³/mol. The van der Waals surface area contributed by atoms with Crippen molar-refractivity contribution in [3.8, 4) is 17.1 Å². The van der Waals surface area contributed by atoms with E-state index in [0.717, 1.165) is 5.56 Å². The molecule has 0 N–H and O–H groups in total. The van der Waals surface area contributed by atoms with Gasteiger partial charge >= 0.3 is 6.61 Å². The van der Waals surface area contributed by atoms with Gasteiger partial charge in [0.15, 0.2) is 5.76 Å². The molecule has 92 valence electrons. The predicted octanol–water partition coefficient (Wildman–Crippen LogP) is 3.20. The molecule has 0 saturated heterocycles. The number of aromatic nitrogens is 2. The summed E-state index contributed by atoms with van der Waals surface area (Å²) in [5, 5.41) is 4.02. The number of fused-ring (bicyclic) bond motifs is 1. The Morgan fingerprint density at radius 1 is 1.17 bits per heavy atom. The summed E-state index contributed by atoms with van der Waals surface area (Å²) in [5.41, 5.74) is 1.39. The van der Waals surface area contributed by atoms with Gasteiger partial charge in [-0.05, 0) is 24.3 Å². The van der Waals surface area contributed by atoms with E-state index in [9.17, 15) is 8.78 Å². The summed E-state index contributed by atoms with van der Waals surface area (Å²) in [5.74, 6) is 0.729. The average Bonchev–Trinajstić information content (AvgIpc) is 2.89. The molecule has 0 spiro atoms. The van der Waals surface area contributed by atoms with Crippen molar-refractivity contribution >= 4 is 5.71 Å². The van der Waals surface area contributed by atoms with Crippen molar-refractivity contribution in [3.63, 3.8) is 0 Å². The molecule has 2 heterocycles. The van der Waals surface area contributed by atoms with Crippen LogP contribution in [-0.2, 0) is 0 Å². The van der Waals surface area contributed by atoms with Crippen LogP contribution < -0.4 is 4.74 Å². The first kappa shape index (κ1) is 10.8. The molecule has 3 rings (SSSR count). The second-order valence-electron chi connectivity index (χ2n) is 3.61. The molecular formula is C12H8F2N2O2. The van der Waals surface area contributed by atoms with Crippen molar-refractivity contribution in [1.82, 2.24) is 9.61 Å². The smallest absolute Gasteiger partial charge is 0.387 e. The first-order valence-electron chi connectivity index (χ1n) is 5.21. The van der Waals surface area contributed by atoms with Gasteiger partial charge in [0.2, 0.25) is 5.71 Å². The van der Waals surface area contributed by atoms with Gasteiger partial charge in [-0.3, -0.25) is 0 Å². The van der Waals surface area contributed by atoms with Gasteiger partial charge in [-0.2, -0.15) is 13.9 Å².